The molecule has 0 aromatic carbocycles. The number of nitrogens with zero attached hydrogens (tertiary/aromatic N) is 7. The van der Waals surface area contributed by atoms with Gasteiger partial charge in [0.25, 0.3) is 0 Å². The summed E-state index contributed by atoms with van der Waals surface area (Å²) in [7, 11) is 5.93. The maximum Gasteiger partial charge on any atom is 0.194 e. The van der Waals surface area contributed by atoms with Gasteiger partial charge in [0.1, 0.15) is 12.4 Å². The van der Waals surface area contributed by atoms with Crippen molar-refractivity contribution < 1.29 is 0 Å². The van der Waals surface area contributed by atoms with Crippen molar-refractivity contribution in [3.8, 4) is 0 Å². The number of aryl methyl sites for hydroxylation is 2. The van der Waals surface area contributed by atoms with E-state index in [1.54, 1.807) is 0 Å². The summed E-state index contributed by atoms with van der Waals surface area (Å²) in [6, 6.07) is 0. The molecule has 0 aliphatic heterocycles. The van der Waals surface area contributed by atoms with Gasteiger partial charge in [0.05, 0.1) is 5.69 Å². The van der Waals surface area contributed by atoms with Crippen LogP contribution >= 0.6 is 24.0 Å². The number of guanidine groups is 1. The van der Waals surface area contributed by atoms with E-state index in [0.29, 0.717) is 19.0 Å². The molecule has 0 saturated heterocycles. The Morgan fingerprint density at radius 2 is 2.07 bits per heavy atom. The molecular formula is C18H31IN8. The van der Waals surface area contributed by atoms with Crippen molar-refractivity contribution >= 4 is 29.9 Å². The third-order valence-corrected chi connectivity index (χ3v) is 4.21. The summed E-state index contributed by atoms with van der Waals surface area (Å²) >= 11 is 0. The Morgan fingerprint density at radius 3 is 2.63 bits per heavy atom. The van der Waals surface area contributed by atoms with E-state index in [4.69, 9.17) is 4.99 Å². The van der Waals surface area contributed by atoms with Gasteiger partial charge in [-0.15, -0.1) is 40.8 Å². The molecule has 0 radical (unpaired) electrons. The Kier molecular flexibility index (Phi) is 8.94. The van der Waals surface area contributed by atoms with E-state index in [1.165, 1.54) is 5.56 Å². The van der Waals surface area contributed by atoms with Crippen LogP contribution in [-0.2, 0) is 27.2 Å². The second-order valence-corrected chi connectivity index (χ2v) is 6.76. The van der Waals surface area contributed by atoms with Gasteiger partial charge in [-0.25, -0.2) is 4.99 Å². The highest BCUT2D eigenvalue weighted by Crippen LogP contribution is 2.18. The van der Waals surface area contributed by atoms with Crippen LogP contribution in [0.2, 0.25) is 0 Å². The molecule has 0 aliphatic carbocycles. The number of rotatable bonds is 7. The third-order valence-electron chi connectivity index (χ3n) is 4.21. The summed E-state index contributed by atoms with van der Waals surface area (Å²) in [4.78, 5) is 6.81. The van der Waals surface area contributed by atoms with Crippen LogP contribution in [0, 0.1) is 6.92 Å². The molecular weight excluding hydrogens is 455 g/mol. The first-order valence-electron chi connectivity index (χ1n) is 8.81. The fraction of sp³-hybridized carbons (Fsp3) is 0.556. The minimum Gasteiger partial charge on any atom is -0.353 e. The van der Waals surface area contributed by atoms with Gasteiger partial charge >= 0.3 is 0 Å². The smallest absolute Gasteiger partial charge is 0.194 e. The van der Waals surface area contributed by atoms with Crippen LogP contribution in [0.3, 0.4) is 0 Å². The summed E-state index contributed by atoms with van der Waals surface area (Å²) in [6.45, 7) is 11.9. The van der Waals surface area contributed by atoms with Gasteiger partial charge in [0.2, 0.25) is 0 Å². The summed E-state index contributed by atoms with van der Waals surface area (Å²) in [6.07, 6.45) is 3.89. The highest BCUT2D eigenvalue weighted by atomic mass is 127. The van der Waals surface area contributed by atoms with Gasteiger partial charge < -0.3 is 14.8 Å². The van der Waals surface area contributed by atoms with Crippen LogP contribution in [0.1, 0.15) is 42.7 Å². The van der Waals surface area contributed by atoms with E-state index < -0.39 is 0 Å². The molecule has 0 aliphatic rings. The van der Waals surface area contributed by atoms with Gasteiger partial charge in [0.15, 0.2) is 11.8 Å². The van der Waals surface area contributed by atoms with Crippen molar-refractivity contribution in [2.75, 3.05) is 13.6 Å². The lowest BCUT2D eigenvalue weighted by molar-refractivity contribution is 0.474. The number of halogens is 1. The van der Waals surface area contributed by atoms with Crippen molar-refractivity contribution in [3.63, 3.8) is 0 Å². The molecule has 2 aromatic heterocycles. The van der Waals surface area contributed by atoms with Gasteiger partial charge in [-0.2, -0.15) is 5.10 Å². The Labute approximate surface area is 178 Å². The van der Waals surface area contributed by atoms with Gasteiger partial charge in [-0.3, -0.25) is 4.68 Å². The molecule has 2 rings (SSSR count). The standard InChI is InChI=1S/C18H30N8.HI/c1-8-9-19-18(20-10-16-22-21-14(4)26(16)7)24(5)11-15-12-25(6)23-17(15)13(2)3;/h8,12-13H,1,9-11H2,2-7H3,(H,19,20);1H. The second-order valence-electron chi connectivity index (χ2n) is 6.76. The molecule has 150 valence electrons. The van der Waals surface area contributed by atoms with Gasteiger partial charge in [-0.05, 0) is 12.8 Å². The van der Waals surface area contributed by atoms with E-state index >= 15 is 0 Å². The summed E-state index contributed by atoms with van der Waals surface area (Å²) < 4.78 is 3.82. The third kappa shape index (κ3) is 6.05. The molecule has 0 bridgehead atoms. The molecule has 0 fully saturated rings. The van der Waals surface area contributed by atoms with Crippen LogP contribution in [0.25, 0.3) is 0 Å². The van der Waals surface area contributed by atoms with Crippen LogP contribution in [0.4, 0.5) is 0 Å². The van der Waals surface area contributed by atoms with E-state index in [9.17, 15) is 0 Å². The van der Waals surface area contributed by atoms with Crippen LogP contribution in [0.5, 0.6) is 0 Å². The van der Waals surface area contributed by atoms with E-state index in [2.05, 4.69) is 52.1 Å². The molecule has 8 nitrogen and oxygen atoms in total. The monoisotopic (exact) mass is 486 g/mol. The fourth-order valence-electron chi connectivity index (χ4n) is 2.70. The molecule has 0 unspecified atom stereocenters. The van der Waals surface area contributed by atoms with E-state index in [-0.39, 0.29) is 24.0 Å². The Hall–Kier alpha value is -1.91. The maximum atomic E-state index is 4.72. The SMILES string of the molecule is C=CCNC(=NCc1nnc(C)n1C)N(C)Cc1cn(C)nc1C(C)C.I. The number of hydrogen-bond donors (Lipinski definition) is 1. The predicted octanol–water partition coefficient (Wildman–Crippen LogP) is 2.36. The average Bonchev–Trinajstić information content (AvgIpc) is 3.11. The molecule has 9 heteroatoms. The molecule has 0 spiro atoms. The molecule has 2 aromatic rings. The number of aliphatic imine (C=N–C) groups is 1. The van der Waals surface area contributed by atoms with Crippen molar-refractivity contribution in [1.82, 2.24) is 34.8 Å². The summed E-state index contributed by atoms with van der Waals surface area (Å²) in [5.74, 6) is 2.88. The fourth-order valence-corrected chi connectivity index (χ4v) is 2.70. The quantitative estimate of drug-likeness (QED) is 0.282. The lowest BCUT2D eigenvalue weighted by atomic mass is 10.1. The maximum absolute atomic E-state index is 4.72. The van der Waals surface area contributed by atoms with Crippen LogP contribution in [0.15, 0.2) is 23.8 Å². The van der Waals surface area contributed by atoms with Crippen molar-refractivity contribution in [2.24, 2.45) is 19.1 Å². The summed E-state index contributed by atoms with van der Waals surface area (Å²) in [5, 5.41) is 16.2. The topological polar surface area (TPSA) is 76.2 Å². The van der Waals surface area contributed by atoms with Gasteiger partial charge in [-0.1, -0.05) is 19.9 Å². The Bertz CT molecular complexity index is 774. The first-order chi connectivity index (χ1) is 12.3. The molecule has 1 N–H and O–H groups in total. The number of aromatic nitrogens is 5. The van der Waals surface area contributed by atoms with Crippen molar-refractivity contribution in [2.45, 2.75) is 39.8 Å². The van der Waals surface area contributed by atoms with Crippen LogP contribution in [-0.4, -0.2) is 49.0 Å². The normalized spacial score (nSPS) is 11.4. The summed E-state index contributed by atoms with van der Waals surface area (Å²) in [5.41, 5.74) is 2.32. The molecule has 0 saturated carbocycles. The van der Waals surface area contributed by atoms with Crippen molar-refractivity contribution in [1.29, 1.82) is 0 Å². The van der Waals surface area contributed by atoms with E-state index in [0.717, 1.165) is 29.8 Å². The minimum absolute atomic E-state index is 0. The molecule has 2 heterocycles. The predicted molar refractivity (Wildman–Crippen MR) is 119 cm³/mol. The highest BCUT2D eigenvalue weighted by molar-refractivity contribution is 14.0. The molecule has 0 amide bonds. The number of hydrogen-bond acceptors (Lipinski definition) is 4. The first kappa shape index (κ1) is 23.1. The zero-order valence-corrected chi connectivity index (χ0v) is 19.4. The average molecular weight is 486 g/mol. The van der Waals surface area contributed by atoms with E-state index in [1.807, 2.05) is 43.4 Å². The number of nitrogens with one attached hydrogen (secondary N) is 1. The molecule has 0 atom stereocenters. The highest BCUT2D eigenvalue weighted by Gasteiger charge is 2.15. The Morgan fingerprint density at radius 1 is 1.37 bits per heavy atom. The Balaban J connectivity index is 0.00000364. The van der Waals surface area contributed by atoms with Crippen LogP contribution < -0.4 is 5.32 Å². The lowest BCUT2D eigenvalue weighted by Crippen LogP contribution is -2.38. The molecule has 27 heavy (non-hydrogen) atoms. The van der Waals surface area contributed by atoms with Crippen molar-refractivity contribution in [3.05, 3.63) is 41.8 Å². The first-order valence-corrected chi connectivity index (χ1v) is 8.81. The zero-order chi connectivity index (χ0) is 19.3. The second kappa shape index (κ2) is 10.4. The lowest BCUT2D eigenvalue weighted by Gasteiger charge is -2.22. The largest absolute Gasteiger partial charge is 0.353 e. The minimum atomic E-state index is 0. The van der Waals surface area contributed by atoms with Gasteiger partial charge in [0, 0.05) is 46.0 Å². The zero-order valence-electron chi connectivity index (χ0n) is 17.1.